The molecule has 124 valence electrons. The van der Waals surface area contributed by atoms with Crippen molar-refractivity contribution in [2.24, 2.45) is 0 Å². The molecule has 24 heavy (non-hydrogen) atoms. The number of esters is 1. The molecule has 2 aromatic carbocycles. The van der Waals surface area contributed by atoms with E-state index in [0.717, 1.165) is 5.56 Å². The van der Waals surface area contributed by atoms with Crippen molar-refractivity contribution < 1.29 is 23.8 Å². The van der Waals surface area contributed by atoms with Gasteiger partial charge in [0.1, 0.15) is 13.2 Å². The maximum atomic E-state index is 12.0. The molecule has 0 unspecified atom stereocenters. The van der Waals surface area contributed by atoms with E-state index in [1.807, 2.05) is 0 Å². The highest BCUT2D eigenvalue weighted by atomic mass is 35.5. The molecule has 0 saturated heterocycles. The Hall–Kier alpha value is -2.73. The molecule has 2 aromatic rings. The van der Waals surface area contributed by atoms with Crippen LogP contribution in [0.2, 0.25) is 5.02 Å². The Morgan fingerprint density at radius 3 is 2.62 bits per heavy atom. The van der Waals surface area contributed by atoms with Gasteiger partial charge in [0.15, 0.2) is 11.5 Å². The summed E-state index contributed by atoms with van der Waals surface area (Å²) in [6, 6.07) is 11.8. The van der Waals surface area contributed by atoms with Crippen LogP contribution in [0.25, 0.3) is 0 Å². The third-order valence-electron chi connectivity index (χ3n) is 3.34. The van der Waals surface area contributed by atoms with Gasteiger partial charge in [-0.15, -0.1) is 0 Å². The summed E-state index contributed by atoms with van der Waals surface area (Å²) in [7, 11) is 0. The van der Waals surface area contributed by atoms with Gasteiger partial charge in [-0.1, -0.05) is 23.7 Å². The number of hydrogen-bond donors (Lipinski definition) is 1. The van der Waals surface area contributed by atoms with Crippen LogP contribution in [0.1, 0.15) is 15.9 Å². The van der Waals surface area contributed by atoms with Crippen LogP contribution >= 0.6 is 11.6 Å². The molecule has 0 aliphatic carbocycles. The van der Waals surface area contributed by atoms with Gasteiger partial charge in [0, 0.05) is 10.6 Å². The minimum atomic E-state index is -0.529. The molecule has 1 N–H and O–H groups in total. The van der Waals surface area contributed by atoms with Gasteiger partial charge in [0.2, 0.25) is 6.79 Å². The molecular weight excluding hydrogens is 334 g/mol. The minimum absolute atomic E-state index is 0.121. The highest BCUT2D eigenvalue weighted by molar-refractivity contribution is 6.30. The Morgan fingerprint density at radius 2 is 1.83 bits per heavy atom. The second-order valence-corrected chi connectivity index (χ2v) is 5.47. The van der Waals surface area contributed by atoms with E-state index in [1.54, 1.807) is 42.5 Å². The minimum Gasteiger partial charge on any atom is -0.460 e. The average Bonchev–Trinajstić information content (AvgIpc) is 3.06. The van der Waals surface area contributed by atoms with Crippen molar-refractivity contribution in [3.8, 4) is 11.5 Å². The summed E-state index contributed by atoms with van der Waals surface area (Å²) in [5.74, 6) is 0.178. The lowest BCUT2D eigenvalue weighted by atomic mass is 10.2. The van der Waals surface area contributed by atoms with E-state index in [2.05, 4.69) is 5.32 Å². The maximum absolute atomic E-state index is 12.0. The number of fused-ring (bicyclic) bond motifs is 1. The van der Waals surface area contributed by atoms with Crippen molar-refractivity contribution in [3.63, 3.8) is 0 Å². The van der Waals surface area contributed by atoms with Crippen molar-refractivity contribution in [1.82, 2.24) is 5.32 Å². The Bertz CT molecular complexity index is 760. The standard InChI is InChI=1S/C17H14ClNO5/c18-13-4-1-11(2-5-13)9-22-16(20)8-19-17(21)12-3-6-14-15(7-12)24-10-23-14/h1-7H,8-10H2,(H,19,21). The average molecular weight is 348 g/mol. The lowest BCUT2D eigenvalue weighted by Gasteiger charge is -2.07. The first-order chi connectivity index (χ1) is 11.6. The van der Waals surface area contributed by atoms with Crippen LogP contribution in [0.4, 0.5) is 0 Å². The van der Waals surface area contributed by atoms with E-state index in [-0.39, 0.29) is 19.9 Å². The molecule has 0 aromatic heterocycles. The molecule has 0 fully saturated rings. The van der Waals surface area contributed by atoms with Crippen LogP contribution in [0, 0.1) is 0 Å². The predicted molar refractivity (Wildman–Crippen MR) is 86.1 cm³/mol. The zero-order valence-corrected chi connectivity index (χ0v) is 13.3. The van der Waals surface area contributed by atoms with E-state index in [9.17, 15) is 9.59 Å². The number of ether oxygens (including phenoxy) is 3. The summed E-state index contributed by atoms with van der Waals surface area (Å²) < 4.78 is 15.5. The van der Waals surface area contributed by atoms with Gasteiger partial charge in [0.05, 0.1) is 0 Å². The molecule has 0 saturated carbocycles. The summed E-state index contributed by atoms with van der Waals surface area (Å²) in [5, 5.41) is 3.12. The molecule has 1 aliphatic rings. The first kappa shape index (κ1) is 16.1. The Balaban J connectivity index is 1.47. The van der Waals surface area contributed by atoms with Gasteiger partial charge in [-0.2, -0.15) is 0 Å². The van der Waals surface area contributed by atoms with E-state index >= 15 is 0 Å². The molecule has 1 heterocycles. The van der Waals surface area contributed by atoms with Crippen molar-refractivity contribution in [2.75, 3.05) is 13.3 Å². The van der Waals surface area contributed by atoms with Gasteiger partial charge in [0.25, 0.3) is 5.91 Å². The number of rotatable bonds is 5. The lowest BCUT2D eigenvalue weighted by molar-refractivity contribution is -0.143. The number of benzene rings is 2. The summed E-state index contributed by atoms with van der Waals surface area (Å²) in [6.07, 6.45) is 0. The molecule has 0 spiro atoms. The number of carbonyl (C=O) groups is 2. The van der Waals surface area contributed by atoms with Crippen molar-refractivity contribution >= 4 is 23.5 Å². The molecule has 0 bridgehead atoms. The molecule has 7 heteroatoms. The smallest absolute Gasteiger partial charge is 0.325 e. The highest BCUT2D eigenvalue weighted by Crippen LogP contribution is 2.32. The van der Waals surface area contributed by atoms with E-state index in [4.69, 9.17) is 25.8 Å². The highest BCUT2D eigenvalue weighted by Gasteiger charge is 2.16. The van der Waals surface area contributed by atoms with Crippen LogP contribution in [0.15, 0.2) is 42.5 Å². The summed E-state index contributed by atoms with van der Waals surface area (Å²) in [5.41, 5.74) is 1.19. The zero-order valence-electron chi connectivity index (χ0n) is 12.6. The van der Waals surface area contributed by atoms with Crippen molar-refractivity contribution in [1.29, 1.82) is 0 Å². The van der Waals surface area contributed by atoms with E-state index in [1.165, 1.54) is 0 Å². The van der Waals surface area contributed by atoms with Gasteiger partial charge in [-0.05, 0) is 35.9 Å². The number of nitrogens with one attached hydrogen (secondary N) is 1. The van der Waals surface area contributed by atoms with Gasteiger partial charge < -0.3 is 19.5 Å². The van der Waals surface area contributed by atoms with Crippen LogP contribution in [0.5, 0.6) is 11.5 Å². The number of halogens is 1. The van der Waals surface area contributed by atoms with E-state index in [0.29, 0.717) is 22.1 Å². The Kier molecular flexibility index (Phi) is 4.86. The Labute approximate surface area is 143 Å². The van der Waals surface area contributed by atoms with Crippen LogP contribution in [-0.2, 0) is 16.1 Å². The molecule has 6 nitrogen and oxygen atoms in total. The summed E-state index contributed by atoms with van der Waals surface area (Å²) in [6.45, 7) is 0.0359. The maximum Gasteiger partial charge on any atom is 0.325 e. The second kappa shape index (κ2) is 7.23. The van der Waals surface area contributed by atoms with Gasteiger partial charge in [-0.3, -0.25) is 9.59 Å². The fourth-order valence-electron chi connectivity index (χ4n) is 2.09. The topological polar surface area (TPSA) is 73.9 Å². The SMILES string of the molecule is O=C(CNC(=O)c1ccc2c(c1)OCO2)OCc1ccc(Cl)cc1. The molecule has 0 atom stereocenters. The summed E-state index contributed by atoms with van der Waals surface area (Å²) in [4.78, 5) is 23.7. The van der Waals surface area contributed by atoms with E-state index < -0.39 is 11.9 Å². The largest absolute Gasteiger partial charge is 0.460 e. The third kappa shape index (κ3) is 3.97. The first-order valence-corrected chi connectivity index (χ1v) is 7.57. The fourth-order valence-corrected chi connectivity index (χ4v) is 2.21. The van der Waals surface area contributed by atoms with Crippen LogP contribution in [-0.4, -0.2) is 25.2 Å². The van der Waals surface area contributed by atoms with Gasteiger partial charge in [-0.25, -0.2) is 0 Å². The molecular formula is C17H14ClNO5. The molecule has 1 aliphatic heterocycles. The van der Waals surface area contributed by atoms with Crippen molar-refractivity contribution in [2.45, 2.75) is 6.61 Å². The monoisotopic (exact) mass is 347 g/mol. The number of hydrogen-bond acceptors (Lipinski definition) is 5. The first-order valence-electron chi connectivity index (χ1n) is 7.20. The van der Waals surface area contributed by atoms with Crippen molar-refractivity contribution in [3.05, 3.63) is 58.6 Å². The Morgan fingerprint density at radius 1 is 1.08 bits per heavy atom. The van der Waals surface area contributed by atoms with Crippen LogP contribution < -0.4 is 14.8 Å². The summed E-state index contributed by atoms with van der Waals surface area (Å²) >= 11 is 5.78. The molecule has 0 radical (unpaired) electrons. The normalized spacial score (nSPS) is 11.9. The lowest BCUT2D eigenvalue weighted by Crippen LogP contribution is -2.30. The fraction of sp³-hybridized carbons (Fsp3) is 0.176. The number of carbonyl (C=O) groups excluding carboxylic acids is 2. The zero-order chi connectivity index (χ0) is 16.9. The van der Waals surface area contributed by atoms with Crippen LogP contribution in [0.3, 0.4) is 0 Å². The molecule has 3 rings (SSSR count). The predicted octanol–water partition coefficient (Wildman–Crippen LogP) is 2.54. The second-order valence-electron chi connectivity index (χ2n) is 5.04. The third-order valence-corrected chi connectivity index (χ3v) is 3.59. The quantitative estimate of drug-likeness (QED) is 0.841. The van der Waals surface area contributed by atoms with Gasteiger partial charge >= 0.3 is 5.97 Å². The number of amides is 1. The molecule has 1 amide bonds.